The number of carbonyl (C=O) groups is 2. The van der Waals surface area contributed by atoms with Crippen LogP contribution in [0.4, 0.5) is 0 Å². The zero-order valence-corrected chi connectivity index (χ0v) is 13.0. The first kappa shape index (κ1) is 15.3. The number of carbonyl (C=O) groups excluding carboxylic acids is 1. The first-order valence-corrected chi connectivity index (χ1v) is 7.78. The molecule has 118 valence electrons. The van der Waals surface area contributed by atoms with Gasteiger partial charge in [0.25, 0.3) is 5.91 Å². The van der Waals surface area contributed by atoms with E-state index in [-0.39, 0.29) is 11.5 Å². The van der Waals surface area contributed by atoms with Crippen molar-refractivity contribution >= 4 is 11.9 Å². The van der Waals surface area contributed by atoms with Crippen molar-refractivity contribution in [2.24, 2.45) is 0 Å². The minimum absolute atomic E-state index is 0.0505. The second kappa shape index (κ2) is 6.24. The van der Waals surface area contributed by atoms with Gasteiger partial charge < -0.3 is 10.0 Å². The number of hydrogen-bond donors (Lipinski definition) is 1. The van der Waals surface area contributed by atoms with Gasteiger partial charge in [-0.25, -0.2) is 4.79 Å². The van der Waals surface area contributed by atoms with E-state index >= 15 is 0 Å². The smallest absolute Gasteiger partial charge is 0.336 e. The summed E-state index contributed by atoms with van der Waals surface area (Å²) < 4.78 is 0. The molecule has 0 radical (unpaired) electrons. The van der Waals surface area contributed by atoms with Gasteiger partial charge in [0.05, 0.1) is 5.56 Å². The molecule has 1 aliphatic rings. The highest BCUT2D eigenvalue weighted by Gasteiger charge is 2.28. The zero-order chi connectivity index (χ0) is 16.4. The summed E-state index contributed by atoms with van der Waals surface area (Å²) in [6.45, 7) is 0. The number of amides is 1. The number of rotatable bonds is 4. The fourth-order valence-corrected chi connectivity index (χ4v) is 2.94. The highest BCUT2D eigenvalue weighted by atomic mass is 16.4. The van der Waals surface area contributed by atoms with Crippen molar-refractivity contribution in [2.75, 3.05) is 7.05 Å². The quantitative estimate of drug-likeness (QED) is 0.937. The first-order valence-electron chi connectivity index (χ1n) is 7.78. The van der Waals surface area contributed by atoms with E-state index in [4.69, 9.17) is 0 Å². The third-order valence-electron chi connectivity index (χ3n) is 4.55. The van der Waals surface area contributed by atoms with Crippen molar-refractivity contribution in [2.45, 2.75) is 25.3 Å². The summed E-state index contributed by atoms with van der Waals surface area (Å²) >= 11 is 0. The van der Waals surface area contributed by atoms with Gasteiger partial charge in [-0.1, -0.05) is 36.4 Å². The van der Waals surface area contributed by atoms with Gasteiger partial charge in [0.2, 0.25) is 0 Å². The molecule has 4 nitrogen and oxygen atoms in total. The van der Waals surface area contributed by atoms with Gasteiger partial charge in [-0.05, 0) is 42.5 Å². The van der Waals surface area contributed by atoms with E-state index in [1.54, 1.807) is 35.2 Å². The topological polar surface area (TPSA) is 57.6 Å². The number of carboxylic acid groups (broad SMARTS) is 1. The number of carboxylic acids is 1. The standard InChI is InChI=1S/C19H19NO3/c1-20(13-7-6-8-13)18(21)16-11-4-2-9-14(16)15-10-3-5-12-17(15)19(22)23/h2-5,9-13H,6-8H2,1H3,(H,22,23). The maximum absolute atomic E-state index is 12.8. The minimum atomic E-state index is -0.991. The molecule has 0 bridgehead atoms. The molecule has 1 aliphatic carbocycles. The predicted molar refractivity (Wildman–Crippen MR) is 88.6 cm³/mol. The molecule has 2 aromatic rings. The maximum Gasteiger partial charge on any atom is 0.336 e. The van der Waals surface area contributed by atoms with E-state index in [0.29, 0.717) is 22.7 Å². The molecule has 23 heavy (non-hydrogen) atoms. The second-order valence-electron chi connectivity index (χ2n) is 5.90. The maximum atomic E-state index is 12.8. The molecular formula is C19H19NO3. The summed E-state index contributed by atoms with van der Waals surface area (Å²) in [6, 6.07) is 14.3. The molecule has 1 saturated carbocycles. The summed E-state index contributed by atoms with van der Waals surface area (Å²) in [5.41, 5.74) is 2.00. The van der Waals surface area contributed by atoms with Gasteiger partial charge in [-0.3, -0.25) is 4.79 Å². The Bertz CT molecular complexity index is 750. The van der Waals surface area contributed by atoms with Crippen LogP contribution in [0, 0.1) is 0 Å². The molecule has 0 unspecified atom stereocenters. The highest BCUT2D eigenvalue weighted by molar-refractivity contribution is 6.04. The van der Waals surface area contributed by atoms with Crippen LogP contribution in [0.15, 0.2) is 48.5 Å². The van der Waals surface area contributed by atoms with Gasteiger partial charge in [0, 0.05) is 18.7 Å². The van der Waals surface area contributed by atoms with Crippen LogP contribution in [0.2, 0.25) is 0 Å². The molecule has 4 heteroatoms. The largest absolute Gasteiger partial charge is 0.478 e. The van der Waals surface area contributed by atoms with Crippen LogP contribution in [0.5, 0.6) is 0 Å². The molecule has 1 amide bonds. The number of hydrogen-bond acceptors (Lipinski definition) is 2. The highest BCUT2D eigenvalue weighted by Crippen LogP contribution is 2.30. The average Bonchev–Trinajstić information content (AvgIpc) is 2.52. The lowest BCUT2D eigenvalue weighted by atomic mass is 9.90. The van der Waals surface area contributed by atoms with Gasteiger partial charge in [-0.15, -0.1) is 0 Å². The lowest BCUT2D eigenvalue weighted by Crippen LogP contribution is -2.41. The summed E-state index contributed by atoms with van der Waals surface area (Å²) in [5.74, 6) is -1.04. The van der Waals surface area contributed by atoms with Crippen LogP contribution in [0.25, 0.3) is 11.1 Å². The molecule has 0 spiro atoms. The average molecular weight is 309 g/mol. The Morgan fingerprint density at radius 2 is 1.48 bits per heavy atom. The van der Waals surface area contributed by atoms with Crippen LogP contribution in [0.3, 0.4) is 0 Å². The van der Waals surface area contributed by atoms with Gasteiger partial charge >= 0.3 is 5.97 Å². The molecule has 0 aromatic heterocycles. The van der Waals surface area contributed by atoms with E-state index in [9.17, 15) is 14.7 Å². The Morgan fingerprint density at radius 3 is 2.00 bits per heavy atom. The minimum Gasteiger partial charge on any atom is -0.478 e. The van der Waals surface area contributed by atoms with Crippen molar-refractivity contribution in [1.82, 2.24) is 4.90 Å². The van der Waals surface area contributed by atoms with E-state index in [2.05, 4.69) is 0 Å². The number of aromatic carboxylic acids is 1. The first-order chi connectivity index (χ1) is 11.1. The molecule has 0 atom stereocenters. The van der Waals surface area contributed by atoms with Crippen LogP contribution < -0.4 is 0 Å². The Hall–Kier alpha value is -2.62. The molecule has 1 fully saturated rings. The van der Waals surface area contributed by atoms with Gasteiger partial charge in [-0.2, -0.15) is 0 Å². The van der Waals surface area contributed by atoms with Crippen molar-refractivity contribution in [3.63, 3.8) is 0 Å². The van der Waals surface area contributed by atoms with Crippen LogP contribution in [-0.4, -0.2) is 35.0 Å². The molecule has 0 aliphatic heterocycles. The predicted octanol–water partition coefficient (Wildman–Crippen LogP) is 3.68. The Kier molecular flexibility index (Phi) is 4.15. The second-order valence-corrected chi connectivity index (χ2v) is 5.90. The molecule has 2 aromatic carbocycles. The van der Waals surface area contributed by atoms with Gasteiger partial charge in [0.1, 0.15) is 0 Å². The number of nitrogens with zero attached hydrogens (tertiary/aromatic N) is 1. The van der Waals surface area contributed by atoms with E-state index in [1.165, 1.54) is 0 Å². The Balaban J connectivity index is 2.05. The monoisotopic (exact) mass is 309 g/mol. The third kappa shape index (κ3) is 2.84. The van der Waals surface area contributed by atoms with Crippen molar-refractivity contribution in [3.8, 4) is 11.1 Å². The van der Waals surface area contributed by atoms with E-state index < -0.39 is 5.97 Å². The molecule has 1 N–H and O–H groups in total. The van der Waals surface area contributed by atoms with Crippen molar-refractivity contribution in [1.29, 1.82) is 0 Å². The zero-order valence-electron chi connectivity index (χ0n) is 13.0. The van der Waals surface area contributed by atoms with Crippen LogP contribution in [0.1, 0.15) is 40.0 Å². The molecule has 0 saturated heterocycles. The fraction of sp³-hybridized carbons (Fsp3) is 0.263. The summed E-state index contributed by atoms with van der Waals surface area (Å²) in [4.78, 5) is 26.1. The van der Waals surface area contributed by atoms with E-state index in [0.717, 1.165) is 19.3 Å². The lowest BCUT2D eigenvalue weighted by molar-refractivity contribution is 0.0650. The normalized spacial score (nSPS) is 14.1. The molecule has 3 rings (SSSR count). The lowest BCUT2D eigenvalue weighted by Gasteiger charge is -2.35. The van der Waals surface area contributed by atoms with Crippen molar-refractivity contribution < 1.29 is 14.7 Å². The summed E-state index contributed by atoms with van der Waals surface area (Å²) in [5, 5.41) is 9.41. The third-order valence-corrected chi connectivity index (χ3v) is 4.55. The fourth-order valence-electron chi connectivity index (χ4n) is 2.94. The molecule has 0 heterocycles. The Labute approximate surface area is 135 Å². The van der Waals surface area contributed by atoms with Crippen molar-refractivity contribution in [3.05, 3.63) is 59.7 Å². The van der Waals surface area contributed by atoms with Gasteiger partial charge in [0.15, 0.2) is 0 Å². The Morgan fingerprint density at radius 1 is 0.957 bits per heavy atom. The van der Waals surface area contributed by atoms with Crippen LogP contribution in [-0.2, 0) is 0 Å². The molecular weight excluding hydrogens is 290 g/mol. The van der Waals surface area contributed by atoms with E-state index in [1.807, 2.05) is 25.2 Å². The van der Waals surface area contributed by atoms with Crippen LogP contribution >= 0.6 is 0 Å². The SMILES string of the molecule is CN(C(=O)c1ccccc1-c1ccccc1C(=O)O)C1CCC1. The number of benzene rings is 2. The summed E-state index contributed by atoms with van der Waals surface area (Å²) in [6.07, 6.45) is 3.23. The summed E-state index contributed by atoms with van der Waals surface area (Å²) in [7, 11) is 1.83.